The molecule has 5 rings (SSSR count). The van der Waals surface area contributed by atoms with Gasteiger partial charge in [-0.15, -0.1) is 0 Å². The molecule has 5 heteroatoms. The number of hydrogen-bond acceptors (Lipinski definition) is 4. The summed E-state index contributed by atoms with van der Waals surface area (Å²) in [6, 6.07) is 4.15. The highest BCUT2D eigenvalue weighted by Gasteiger charge is 2.23. The molecule has 0 spiro atoms. The highest BCUT2D eigenvalue weighted by atomic mass is 15.1. The third-order valence-electron chi connectivity index (χ3n) is 5.93. The highest BCUT2D eigenvalue weighted by molar-refractivity contribution is 5.79. The van der Waals surface area contributed by atoms with E-state index in [9.17, 15) is 0 Å². The van der Waals surface area contributed by atoms with Gasteiger partial charge < -0.3 is 4.98 Å². The number of H-pyrrole nitrogens is 1. The first kappa shape index (κ1) is 15.9. The topological polar surface area (TPSA) is 57.7 Å². The summed E-state index contributed by atoms with van der Waals surface area (Å²) in [5, 5.41) is 1.22. The molecule has 26 heavy (non-hydrogen) atoms. The maximum atomic E-state index is 4.96. The van der Waals surface area contributed by atoms with Gasteiger partial charge in [0.25, 0.3) is 0 Å². The molecule has 1 saturated carbocycles. The Hall–Kier alpha value is -2.27. The molecule has 3 aromatic heterocycles. The molecule has 5 nitrogen and oxygen atoms in total. The fraction of sp³-hybridized carbons (Fsp3) is 0.476. The molecule has 0 amide bonds. The van der Waals surface area contributed by atoms with Crippen LogP contribution in [0, 0.1) is 0 Å². The summed E-state index contributed by atoms with van der Waals surface area (Å²) in [7, 11) is 0. The summed E-state index contributed by atoms with van der Waals surface area (Å²) in [6.45, 7) is 2.93. The summed E-state index contributed by atoms with van der Waals surface area (Å²) < 4.78 is 0. The minimum Gasteiger partial charge on any atom is -0.346 e. The van der Waals surface area contributed by atoms with E-state index in [0.717, 1.165) is 37.5 Å². The third-order valence-corrected chi connectivity index (χ3v) is 5.93. The lowest BCUT2D eigenvalue weighted by Crippen LogP contribution is -2.31. The number of rotatable bonds is 3. The van der Waals surface area contributed by atoms with Crippen molar-refractivity contribution in [1.82, 2.24) is 24.8 Å². The summed E-state index contributed by atoms with van der Waals surface area (Å²) in [5.74, 6) is 1.69. The van der Waals surface area contributed by atoms with Crippen LogP contribution in [-0.4, -0.2) is 31.4 Å². The minimum absolute atomic E-state index is 0.589. The van der Waals surface area contributed by atoms with Gasteiger partial charge in [0.2, 0.25) is 0 Å². The van der Waals surface area contributed by atoms with Crippen molar-refractivity contribution in [2.45, 2.75) is 57.5 Å². The van der Waals surface area contributed by atoms with Crippen molar-refractivity contribution in [1.29, 1.82) is 0 Å². The Morgan fingerprint density at radius 3 is 3.00 bits per heavy atom. The van der Waals surface area contributed by atoms with Crippen LogP contribution in [0.25, 0.3) is 11.0 Å². The Kier molecular flexibility index (Phi) is 4.17. The molecule has 1 fully saturated rings. The van der Waals surface area contributed by atoms with Gasteiger partial charge in [0.1, 0.15) is 11.5 Å². The Bertz CT molecular complexity index is 910. The first-order valence-electron chi connectivity index (χ1n) is 9.85. The number of fused-ring (bicyclic) bond motifs is 2. The Morgan fingerprint density at radius 1 is 1.15 bits per heavy atom. The molecule has 0 saturated heterocycles. The van der Waals surface area contributed by atoms with Crippen molar-refractivity contribution in [2.75, 3.05) is 6.54 Å². The van der Waals surface area contributed by atoms with Gasteiger partial charge in [-0.25, -0.2) is 15.0 Å². The van der Waals surface area contributed by atoms with Crippen LogP contribution in [0.15, 0.2) is 30.7 Å². The van der Waals surface area contributed by atoms with Gasteiger partial charge in [0.15, 0.2) is 0 Å². The Balaban J connectivity index is 1.32. The largest absolute Gasteiger partial charge is 0.346 e. The van der Waals surface area contributed by atoms with Crippen molar-refractivity contribution in [3.8, 4) is 0 Å². The highest BCUT2D eigenvalue weighted by Crippen LogP contribution is 2.31. The average molecular weight is 347 g/mol. The zero-order valence-corrected chi connectivity index (χ0v) is 15.1. The molecule has 1 aliphatic heterocycles. The lowest BCUT2D eigenvalue weighted by Gasteiger charge is -2.29. The molecule has 0 bridgehead atoms. The van der Waals surface area contributed by atoms with E-state index in [1.807, 2.05) is 12.3 Å². The van der Waals surface area contributed by atoms with E-state index in [1.165, 1.54) is 54.3 Å². The predicted octanol–water partition coefficient (Wildman–Crippen LogP) is 3.96. The molecule has 0 aromatic carbocycles. The van der Waals surface area contributed by atoms with E-state index < -0.39 is 0 Å². The van der Waals surface area contributed by atoms with E-state index in [0.29, 0.717) is 5.92 Å². The van der Waals surface area contributed by atoms with Crippen LogP contribution in [0.1, 0.15) is 60.7 Å². The number of hydrogen-bond donors (Lipinski definition) is 1. The zero-order valence-electron chi connectivity index (χ0n) is 15.1. The third kappa shape index (κ3) is 3.01. The number of nitrogens with zero attached hydrogens (tertiary/aromatic N) is 4. The van der Waals surface area contributed by atoms with Gasteiger partial charge in [0.05, 0.1) is 0 Å². The molecule has 1 aliphatic carbocycles. The maximum Gasteiger partial charge on any atom is 0.137 e. The zero-order chi connectivity index (χ0) is 17.3. The average Bonchev–Trinajstić information content (AvgIpc) is 3.11. The van der Waals surface area contributed by atoms with Gasteiger partial charge in [-0.05, 0) is 30.5 Å². The van der Waals surface area contributed by atoms with Gasteiger partial charge in [-0.2, -0.15) is 0 Å². The summed E-state index contributed by atoms with van der Waals surface area (Å²) in [6.07, 6.45) is 13.6. The molecule has 3 aromatic rings. The number of nitrogens with one attached hydrogen (secondary N) is 1. The van der Waals surface area contributed by atoms with Gasteiger partial charge in [0, 0.05) is 67.2 Å². The standard InChI is InChI=1S/C21H25N5/c1-2-5-15(6-3-1)20-23-12-17-14-26(10-8-19(17)25-20)13-16-11-24-21-18(16)7-4-9-22-21/h4,7,9,11-12,15H,1-3,5-6,8,10,13-14H2,(H,22,24). The summed E-state index contributed by atoms with van der Waals surface area (Å²) in [5.41, 5.74) is 4.86. The van der Waals surface area contributed by atoms with E-state index >= 15 is 0 Å². The lowest BCUT2D eigenvalue weighted by molar-refractivity contribution is 0.243. The number of pyridine rings is 1. The van der Waals surface area contributed by atoms with Crippen molar-refractivity contribution in [3.63, 3.8) is 0 Å². The molecule has 0 atom stereocenters. The van der Waals surface area contributed by atoms with Crippen LogP contribution in [0.4, 0.5) is 0 Å². The second-order valence-electron chi connectivity index (χ2n) is 7.71. The van der Waals surface area contributed by atoms with E-state index in [-0.39, 0.29) is 0 Å². The summed E-state index contributed by atoms with van der Waals surface area (Å²) >= 11 is 0. The monoisotopic (exact) mass is 347 g/mol. The second-order valence-corrected chi connectivity index (χ2v) is 7.71. The van der Waals surface area contributed by atoms with Crippen LogP contribution in [0.2, 0.25) is 0 Å². The maximum absolute atomic E-state index is 4.96. The molecular formula is C21H25N5. The van der Waals surface area contributed by atoms with Crippen molar-refractivity contribution in [3.05, 3.63) is 53.4 Å². The van der Waals surface area contributed by atoms with Crippen LogP contribution in [0.5, 0.6) is 0 Å². The molecular weight excluding hydrogens is 322 g/mol. The van der Waals surface area contributed by atoms with Gasteiger partial charge >= 0.3 is 0 Å². The van der Waals surface area contributed by atoms with E-state index in [1.54, 1.807) is 0 Å². The van der Waals surface area contributed by atoms with Crippen molar-refractivity contribution < 1.29 is 0 Å². The summed E-state index contributed by atoms with van der Waals surface area (Å²) in [4.78, 5) is 19.9. The smallest absolute Gasteiger partial charge is 0.137 e. The normalized spacial score (nSPS) is 18.9. The van der Waals surface area contributed by atoms with Gasteiger partial charge in [-0.1, -0.05) is 19.3 Å². The molecule has 134 valence electrons. The molecule has 2 aliphatic rings. The van der Waals surface area contributed by atoms with E-state index in [4.69, 9.17) is 9.97 Å². The van der Waals surface area contributed by atoms with Crippen LogP contribution >= 0.6 is 0 Å². The fourth-order valence-electron chi connectivity index (χ4n) is 4.47. The second kappa shape index (κ2) is 6.80. The van der Waals surface area contributed by atoms with Crippen LogP contribution in [0.3, 0.4) is 0 Å². The van der Waals surface area contributed by atoms with E-state index in [2.05, 4.69) is 33.3 Å². The minimum atomic E-state index is 0.589. The lowest BCUT2D eigenvalue weighted by atomic mass is 9.88. The number of aromatic nitrogens is 4. The molecule has 0 unspecified atom stereocenters. The first-order valence-corrected chi connectivity index (χ1v) is 9.85. The Labute approximate surface area is 153 Å². The fourth-order valence-corrected chi connectivity index (χ4v) is 4.47. The molecule has 4 heterocycles. The van der Waals surface area contributed by atoms with Crippen LogP contribution in [-0.2, 0) is 19.5 Å². The van der Waals surface area contributed by atoms with Crippen molar-refractivity contribution in [2.24, 2.45) is 0 Å². The SMILES string of the molecule is c1cnc2[nH]cc(CN3CCc4nc(C5CCCCC5)ncc4C3)c2c1. The molecule has 0 radical (unpaired) electrons. The van der Waals surface area contributed by atoms with Crippen molar-refractivity contribution >= 4 is 11.0 Å². The van der Waals surface area contributed by atoms with Gasteiger partial charge in [-0.3, -0.25) is 4.90 Å². The van der Waals surface area contributed by atoms with Crippen LogP contribution < -0.4 is 0 Å². The molecule has 1 N–H and O–H groups in total. The number of aromatic amines is 1. The first-order chi connectivity index (χ1) is 12.9. The Morgan fingerprint density at radius 2 is 2.08 bits per heavy atom. The quantitative estimate of drug-likeness (QED) is 0.779. The predicted molar refractivity (Wildman–Crippen MR) is 102 cm³/mol.